The minimum absolute atomic E-state index is 0.139. The summed E-state index contributed by atoms with van der Waals surface area (Å²) < 4.78 is 41.7. The van der Waals surface area contributed by atoms with Crippen molar-refractivity contribution in [2.75, 3.05) is 6.61 Å². The number of hydrogen-bond donors (Lipinski definition) is 0. The molecule has 0 aromatic carbocycles. The lowest BCUT2D eigenvalue weighted by atomic mass is 10.0. The maximum atomic E-state index is 12.5. The molecule has 0 aromatic rings. The molecule has 1 aliphatic heterocycles. The fourth-order valence-corrected chi connectivity index (χ4v) is 0.916. The first kappa shape index (κ1) is 10.7. The third kappa shape index (κ3) is 1.49. The van der Waals surface area contributed by atoms with Gasteiger partial charge in [-0.15, -0.1) is 0 Å². The molecule has 0 radical (unpaired) electrons. The second kappa shape index (κ2) is 3.39. The van der Waals surface area contributed by atoms with Crippen LogP contribution in [-0.2, 0) is 9.53 Å². The van der Waals surface area contributed by atoms with Crippen molar-refractivity contribution in [3.05, 3.63) is 12.3 Å². The van der Waals surface area contributed by atoms with Crippen LogP contribution in [0.15, 0.2) is 22.5 Å². The maximum Gasteiger partial charge on any atom is 0.430 e. The summed E-state index contributed by atoms with van der Waals surface area (Å²) in [5.41, 5.74) is -2.94. The Kier molecular flexibility index (Phi) is 2.59. The smallest absolute Gasteiger partial charge is 0.430 e. The SMILES string of the molecule is CCOC(=O)C1(C(F)(F)F)C=CN=N1. The number of carbonyl (C=O) groups is 1. The van der Waals surface area contributed by atoms with Crippen molar-refractivity contribution in [1.29, 1.82) is 0 Å². The van der Waals surface area contributed by atoms with Crippen molar-refractivity contribution in [2.45, 2.75) is 18.6 Å². The molecule has 0 aliphatic carbocycles. The molecule has 4 nitrogen and oxygen atoms in total. The second-order valence-electron chi connectivity index (χ2n) is 2.52. The van der Waals surface area contributed by atoms with Crippen molar-refractivity contribution in [3.63, 3.8) is 0 Å². The summed E-state index contributed by atoms with van der Waals surface area (Å²) in [6.07, 6.45) is -3.43. The van der Waals surface area contributed by atoms with Crippen molar-refractivity contribution in [3.8, 4) is 0 Å². The molecule has 1 heterocycles. The van der Waals surface area contributed by atoms with Gasteiger partial charge in [0.1, 0.15) is 0 Å². The number of nitrogens with zero attached hydrogens (tertiary/aromatic N) is 2. The van der Waals surface area contributed by atoms with Gasteiger partial charge < -0.3 is 4.74 Å². The lowest BCUT2D eigenvalue weighted by molar-refractivity contribution is -0.194. The number of alkyl halides is 3. The molecule has 0 bridgehead atoms. The van der Waals surface area contributed by atoms with E-state index in [1.54, 1.807) is 0 Å². The standard InChI is InChI=1S/C7H7F3N2O2/c1-2-14-5(13)6(7(8,9)10)3-4-11-12-6/h3-4H,2H2,1H3. The molecule has 1 aliphatic rings. The van der Waals surface area contributed by atoms with E-state index in [4.69, 9.17) is 0 Å². The van der Waals surface area contributed by atoms with Crippen LogP contribution in [0.2, 0.25) is 0 Å². The van der Waals surface area contributed by atoms with E-state index in [1.807, 2.05) is 0 Å². The number of ether oxygens (including phenoxy) is 1. The first-order valence-electron chi connectivity index (χ1n) is 3.77. The van der Waals surface area contributed by atoms with Gasteiger partial charge >= 0.3 is 12.1 Å². The van der Waals surface area contributed by atoms with Crippen molar-refractivity contribution < 1.29 is 22.7 Å². The fraction of sp³-hybridized carbons (Fsp3) is 0.571. The lowest BCUT2D eigenvalue weighted by Crippen LogP contribution is -2.48. The van der Waals surface area contributed by atoms with Crippen LogP contribution < -0.4 is 0 Å². The normalized spacial score (nSPS) is 25.4. The molecule has 0 saturated carbocycles. The topological polar surface area (TPSA) is 51.0 Å². The molecule has 0 spiro atoms. The van der Waals surface area contributed by atoms with Crippen molar-refractivity contribution in [2.24, 2.45) is 10.2 Å². The molecule has 0 saturated heterocycles. The second-order valence-corrected chi connectivity index (χ2v) is 2.52. The quantitative estimate of drug-likeness (QED) is 0.650. The van der Waals surface area contributed by atoms with Gasteiger partial charge in [-0.25, -0.2) is 4.79 Å². The number of esters is 1. The number of rotatable bonds is 2. The Bertz CT molecular complexity index is 284. The van der Waals surface area contributed by atoms with E-state index in [-0.39, 0.29) is 6.61 Å². The highest BCUT2D eigenvalue weighted by Crippen LogP contribution is 2.38. The average Bonchev–Trinajstić information content (AvgIpc) is 2.51. The monoisotopic (exact) mass is 208 g/mol. The van der Waals surface area contributed by atoms with Gasteiger partial charge in [0, 0.05) is 6.20 Å². The van der Waals surface area contributed by atoms with Gasteiger partial charge in [-0.1, -0.05) is 0 Å². The van der Waals surface area contributed by atoms with E-state index < -0.39 is 17.7 Å². The van der Waals surface area contributed by atoms with E-state index in [2.05, 4.69) is 15.0 Å². The van der Waals surface area contributed by atoms with Crippen LogP contribution in [0.4, 0.5) is 13.2 Å². The largest absolute Gasteiger partial charge is 0.464 e. The minimum atomic E-state index is -4.82. The summed E-state index contributed by atoms with van der Waals surface area (Å²) in [4.78, 5) is 11.1. The first-order valence-corrected chi connectivity index (χ1v) is 3.77. The van der Waals surface area contributed by atoms with Crippen LogP contribution in [0, 0.1) is 0 Å². The van der Waals surface area contributed by atoms with Gasteiger partial charge in [-0.3, -0.25) is 0 Å². The zero-order chi connectivity index (χ0) is 10.8. The van der Waals surface area contributed by atoms with Gasteiger partial charge in [0.2, 0.25) is 0 Å². The Morgan fingerprint density at radius 3 is 2.57 bits per heavy atom. The molecular formula is C7H7F3N2O2. The van der Waals surface area contributed by atoms with E-state index in [0.29, 0.717) is 6.08 Å². The summed E-state index contributed by atoms with van der Waals surface area (Å²) in [6.45, 7) is 1.28. The molecule has 7 heteroatoms. The van der Waals surface area contributed by atoms with Gasteiger partial charge in [-0.05, 0) is 13.0 Å². The number of hydrogen-bond acceptors (Lipinski definition) is 4. The molecule has 1 unspecified atom stereocenters. The van der Waals surface area contributed by atoms with E-state index in [1.165, 1.54) is 6.92 Å². The average molecular weight is 208 g/mol. The lowest BCUT2D eigenvalue weighted by Gasteiger charge is -2.22. The molecule has 1 atom stereocenters. The highest BCUT2D eigenvalue weighted by molar-refractivity contribution is 5.85. The molecule has 0 fully saturated rings. The summed E-state index contributed by atoms with van der Waals surface area (Å²) in [7, 11) is 0. The molecule has 0 amide bonds. The maximum absolute atomic E-state index is 12.5. The van der Waals surface area contributed by atoms with E-state index >= 15 is 0 Å². The Labute approximate surface area is 77.5 Å². The Balaban J connectivity index is 3.01. The Morgan fingerprint density at radius 1 is 1.57 bits per heavy atom. The highest BCUT2D eigenvalue weighted by atomic mass is 19.4. The Hall–Kier alpha value is -1.40. The van der Waals surface area contributed by atoms with E-state index in [0.717, 1.165) is 6.20 Å². The third-order valence-corrected chi connectivity index (χ3v) is 1.62. The number of carbonyl (C=O) groups excluding carboxylic acids is 1. The minimum Gasteiger partial charge on any atom is -0.464 e. The molecule has 1 rings (SSSR count). The predicted molar refractivity (Wildman–Crippen MR) is 39.4 cm³/mol. The zero-order valence-corrected chi connectivity index (χ0v) is 7.21. The van der Waals surface area contributed by atoms with Crippen molar-refractivity contribution >= 4 is 5.97 Å². The molecule has 14 heavy (non-hydrogen) atoms. The number of halogens is 3. The first-order chi connectivity index (χ1) is 6.44. The van der Waals surface area contributed by atoms with E-state index in [9.17, 15) is 18.0 Å². The highest BCUT2D eigenvalue weighted by Gasteiger charge is 2.62. The third-order valence-electron chi connectivity index (χ3n) is 1.62. The molecule has 0 aromatic heterocycles. The molecule has 78 valence electrons. The van der Waals surface area contributed by atoms with Gasteiger partial charge in [0.25, 0.3) is 5.54 Å². The predicted octanol–water partition coefficient (Wildman–Crippen LogP) is 1.83. The summed E-state index contributed by atoms with van der Waals surface area (Å²) in [5.74, 6) is -1.45. The molecular weight excluding hydrogens is 201 g/mol. The fourth-order valence-electron chi connectivity index (χ4n) is 0.916. The van der Waals surface area contributed by atoms with Crippen LogP contribution in [0.3, 0.4) is 0 Å². The zero-order valence-electron chi connectivity index (χ0n) is 7.21. The summed E-state index contributed by atoms with van der Waals surface area (Å²) in [6, 6.07) is 0. The van der Waals surface area contributed by atoms with Crippen LogP contribution >= 0.6 is 0 Å². The van der Waals surface area contributed by atoms with Gasteiger partial charge in [-0.2, -0.15) is 23.4 Å². The van der Waals surface area contributed by atoms with Gasteiger partial charge in [0.15, 0.2) is 0 Å². The summed E-state index contributed by atoms with van der Waals surface area (Å²) in [5, 5.41) is 5.90. The van der Waals surface area contributed by atoms with Crippen LogP contribution in [0.1, 0.15) is 6.92 Å². The van der Waals surface area contributed by atoms with Crippen LogP contribution in [0.5, 0.6) is 0 Å². The molecule has 0 N–H and O–H groups in total. The Morgan fingerprint density at radius 2 is 2.21 bits per heavy atom. The summed E-state index contributed by atoms with van der Waals surface area (Å²) >= 11 is 0. The van der Waals surface area contributed by atoms with Crippen LogP contribution in [0.25, 0.3) is 0 Å². The van der Waals surface area contributed by atoms with Crippen LogP contribution in [-0.4, -0.2) is 24.3 Å². The van der Waals surface area contributed by atoms with Crippen molar-refractivity contribution in [1.82, 2.24) is 0 Å². The number of azo groups is 1. The van der Waals surface area contributed by atoms with Gasteiger partial charge in [0.05, 0.1) is 6.61 Å².